The van der Waals surface area contributed by atoms with Gasteiger partial charge in [0.2, 0.25) is 0 Å². The molecule has 3 heterocycles. The normalized spacial score (nSPS) is 24.6. The van der Waals surface area contributed by atoms with E-state index >= 15 is 0 Å². The molecule has 0 aromatic rings. The zero-order chi connectivity index (χ0) is 19.0. The van der Waals surface area contributed by atoms with Crippen molar-refractivity contribution in [2.75, 3.05) is 26.2 Å². The van der Waals surface area contributed by atoms with Crippen LogP contribution in [0.5, 0.6) is 0 Å². The van der Waals surface area contributed by atoms with Crippen molar-refractivity contribution in [1.29, 1.82) is 0 Å². The van der Waals surface area contributed by atoms with Crippen molar-refractivity contribution >= 4 is 0 Å². The third kappa shape index (κ3) is 10.3. The summed E-state index contributed by atoms with van der Waals surface area (Å²) in [6.45, 7) is 8.36. The lowest BCUT2D eigenvalue weighted by molar-refractivity contribution is -0.942. The molecule has 3 rings (SSSR count). The molecule has 3 aliphatic rings. The first-order chi connectivity index (χ1) is 13.3. The van der Waals surface area contributed by atoms with Crippen LogP contribution in [0, 0.1) is 5.92 Å². The zero-order valence-corrected chi connectivity index (χ0v) is 19.0. The Bertz CT molecular complexity index is 315. The monoisotopic (exact) mass is 378 g/mol. The van der Waals surface area contributed by atoms with Crippen LogP contribution in [0.4, 0.5) is 0 Å². The standard InChI is InChI=1S/C26H52N/c1-2-3-4-5-6-7-8-9-10-11-12-13-14-15-16-17-18-22-27-23-19-26(20-24-27)21-25-27/h26H,2-25H2,1H3/q+1. The Morgan fingerprint density at radius 2 is 0.815 bits per heavy atom. The lowest BCUT2D eigenvalue weighted by Gasteiger charge is -2.49. The van der Waals surface area contributed by atoms with Gasteiger partial charge in [-0.15, -0.1) is 0 Å². The number of hydrogen-bond donors (Lipinski definition) is 0. The van der Waals surface area contributed by atoms with Gasteiger partial charge in [-0.1, -0.05) is 103 Å². The SMILES string of the molecule is CCCCCCCCCCCCCCCCCCC[N+]12CCC(CC1)CC2. The lowest BCUT2D eigenvalue weighted by Crippen LogP contribution is -2.58. The Balaban J connectivity index is 1.25. The van der Waals surface area contributed by atoms with Crippen LogP contribution in [-0.4, -0.2) is 30.7 Å². The third-order valence-electron chi connectivity index (χ3n) is 7.77. The molecular weight excluding hydrogens is 326 g/mol. The van der Waals surface area contributed by atoms with E-state index in [-0.39, 0.29) is 0 Å². The fourth-order valence-electron chi connectivity index (χ4n) is 5.65. The van der Waals surface area contributed by atoms with Crippen LogP contribution in [0.1, 0.15) is 135 Å². The number of rotatable bonds is 18. The summed E-state index contributed by atoms with van der Waals surface area (Å²) in [6.07, 6.45) is 29.8. The smallest absolute Gasteiger partial charge is 0.0789 e. The van der Waals surface area contributed by atoms with Crippen LogP contribution < -0.4 is 0 Å². The molecule has 0 N–H and O–H groups in total. The van der Waals surface area contributed by atoms with Crippen molar-refractivity contribution in [2.45, 2.75) is 135 Å². The fourth-order valence-corrected chi connectivity index (χ4v) is 5.65. The second-order valence-corrected chi connectivity index (χ2v) is 10.1. The highest BCUT2D eigenvalue weighted by molar-refractivity contribution is 4.71. The van der Waals surface area contributed by atoms with E-state index in [0.29, 0.717) is 0 Å². The number of piperidine rings is 3. The number of quaternary nitrogens is 1. The molecule has 1 heteroatoms. The van der Waals surface area contributed by atoms with Gasteiger partial charge >= 0.3 is 0 Å². The Morgan fingerprint density at radius 1 is 0.481 bits per heavy atom. The quantitative estimate of drug-likeness (QED) is 0.166. The van der Waals surface area contributed by atoms with Gasteiger partial charge in [0.1, 0.15) is 0 Å². The maximum absolute atomic E-state index is 2.31. The van der Waals surface area contributed by atoms with Crippen LogP contribution in [0.15, 0.2) is 0 Å². The van der Waals surface area contributed by atoms with E-state index in [1.165, 1.54) is 140 Å². The van der Waals surface area contributed by atoms with E-state index in [1.54, 1.807) is 19.3 Å². The molecular formula is C26H52N+. The number of unbranched alkanes of at least 4 members (excludes halogenated alkanes) is 16. The summed E-state index contributed by atoms with van der Waals surface area (Å²) < 4.78 is 1.51. The highest BCUT2D eigenvalue weighted by atomic mass is 15.4. The average molecular weight is 379 g/mol. The Morgan fingerprint density at radius 3 is 1.19 bits per heavy atom. The average Bonchev–Trinajstić information content (AvgIpc) is 2.71. The molecule has 1 nitrogen and oxygen atoms in total. The highest BCUT2D eigenvalue weighted by Gasteiger charge is 2.38. The molecule has 0 aromatic carbocycles. The summed E-state index contributed by atoms with van der Waals surface area (Å²) in [7, 11) is 0. The van der Waals surface area contributed by atoms with E-state index in [0.717, 1.165) is 5.92 Å². The Labute approximate surface area is 172 Å². The van der Waals surface area contributed by atoms with Crippen molar-refractivity contribution in [2.24, 2.45) is 5.92 Å². The first-order valence-corrected chi connectivity index (χ1v) is 13.2. The number of nitrogens with zero attached hydrogens (tertiary/aromatic N) is 1. The van der Waals surface area contributed by atoms with Crippen LogP contribution >= 0.6 is 0 Å². The summed E-state index contributed by atoms with van der Waals surface area (Å²) in [5.41, 5.74) is 0. The molecule has 0 aliphatic carbocycles. The van der Waals surface area contributed by atoms with E-state index in [9.17, 15) is 0 Å². The molecule has 27 heavy (non-hydrogen) atoms. The summed E-state index contributed by atoms with van der Waals surface area (Å²) in [6, 6.07) is 0. The molecule has 0 unspecified atom stereocenters. The van der Waals surface area contributed by atoms with Crippen molar-refractivity contribution in [1.82, 2.24) is 0 Å². The van der Waals surface area contributed by atoms with Crippen LogP contribution in [0.2, 0.25) is 0 Å². The first-order valence-electron chi connectivity index (χ1n) is 13.2. The Hall–Kier alpha value is -0.0400. The topological polar surface area (TPSA) is 0 Å². The Kier molecular flexibility index (Phi) is 12.8. The largest absolute Gasteiger partial charge is 0.324 e. The molecule has 0 spiro atoms. The minimum atomic E-state index is 1.11. The minimum Gasteiger partial charge on any atom is -0.324 e. The van der Waals surface area contributed by atoms with Gasteiger partial charge in [0, 0.05) is 0 Å². The van der Waals surface area contributed by atoms with Gasteiger partial charge in [-0.05, 0) is 38.0 Å². The predicted molar refractivity (Wildman–Crippen MR) is 121 cm³/mol. The van der Waals surface area contributed by atoms with Gasteiger partial charge in [-0.2, -0.15) is 0 Å². The van der Waals surface area contributed by atoms with E-state index in [1.807, 2.05) is 0 Å². The van der Waals surface area contributed by atoms with Crippen LogP contribution in [0.25, 0.3) is 0 Å². The molecule has 2 bridgehead atoms. The van der Waals surface area contributed by atoms with Crippen molar-refractivity contribution in [3.05, 3.63) is 0 Å². The predicted octanol–water partition coefficient (Wildman–Crippen LogP) is 8.27. The zero-order valence-electron chi connectivity index (χ0n) is 19.0. The lowest BCUT2D eigenvalue weighted by atomic mass is 9.85. The number of fused-ring (bicyclic) bond motifs is 3. The molecule has 0 amide bonds. The van der Waals surface area contributed by atoms with Crippen LogP contribution in [0.3, 0.4) is 0 Å². The maximum atomic E-state index is 2.31. The van der Waals surface area contributed by atoms with Gasteiger partial charge in [0.15, 0.2) is 0 Å². The van der Waals surface area contributed by atoms with Crippen molar-refractivity contribution in [3.63, 3.8) is 0 Å². The minimum absolute atomic E-state index is 1.11. The molecule has 3 aliphatic heterocycles. The van der Waals surface area contributed by atoms with E-state index in [4.69, 9.17) is 0 Å². The molecule has 0 radical (unpaired) electrons. The highest BCUT2D eigenvalue weighted by Crippen LogP contribution is 2.33. The summed E-state index contributed by atoms with van der Waals surface area (Å²) >= 11 is 0. The second kappa shape index (κ2) is 14.9. The molecule has 0 saturated carbocycles. The second-order valence-electron chi connectivity index (χ2n) is 10.1. The summed E-state index contributed by atoms with van der Waals surface area (Å²) in [5, 5.41) is 0. The van der Waals surface area contributed by atoms with Gasteiger partial charge in [0.05, 0.1) is 26.2 Å². The molecule has 3 saturated heterocycles. The summed E-state index contributed by atoms with van der Waals surface area (Å²) in [4.78, 5) is 0. The van der Waals surface area contributed by atoms with E-state index in [2.05, 4.69) is 6.92 Å². The first kappa shape index (κ1) is 23.2. The molecule has 0 aromatic heterocycles. The number of hydrogen-bond acceptors (Lipinski definition) is 0. The van der Waals surface area contributed by atoms with Gasteiger partial charge in [-0.3, -0.25) is 0 Å². The molecule has 160 valence electrons. The molecule has 0 atom stereocenters. The van der Waals surface area contributed by atoms with Gasteiger partial charge in [0.25, 0.3) is 0 Å². The van der Waals surface area contributed by atoms with Crippen molar-refractivity contribution in [3.8, 4) is 0 Å². The maximum Gasteiger partial charge on any atom is 0.0789 e. The van der Waals surface area contributed by atoms with Crippen LogP contribution in [-0.2, 0) is 0 Å². The molecule has 3 fully saturated rings. The van der Waals surface area contributed by atoms with Crippen molar-refractivity contribution < 1.29 is 4.48 Å². The fraction of sp³-hybridized carbons (Fsp3) is 1.00. The van der Waals surface area contributed by atoms with Gasteiger partial charge < -0.3 is 4.48 Å². The van der Waals surface area contributed by atoms with Gasteiger partial charge in [-0.25, -0.2) is 0 Å². The summed E-state index contributed by atoms with van der Waals surface area (Å²) in [5.74, 6) is 1.11. The third-order valence-corrected chi connectivity index (χ3v) is 7.77. The van der Waals surface area contributed by atoms with E-state index < -0.39 is 0 Å².